The molecule has 0 aromatic heterocycles. The summed E-state index contributed by atoms with van der Waals surface area (Å²) in [6.07, 6.45) is 1.70. The van der Waals surface area contributed by atoms with Crippen LogP contribution in [0.4, 0.5) is 0 Å². The number of carbonyl (C=O) groups excluding carboxylic acids is 1. The summed E-state index contributed by atoms with van der Waals surface area (Å²) in [5, 5.41) is 0. The number of hydrogen-bond donors (Lipinski definition) is 0. The van der Waals surface area contributed by atoms with Gasteiger partial charge in [0.2, 0.25) is 0 Å². The van der Waals surface area contributed by atoms with Gasteiger partial charge in [-0.3, -0.25) is 4.99 Å². The molecular formula is C17H17NO2. The van der Waals surface area contributed by atoms with Gasteiger partial charge in [0.15, 0.2) is 6.04 Å². The molecule has 0 saturated carbocycles. The highest BCUT2D eigenvalue weighted by atomic mass is 16.5. The van der Waals surface area contributed by atoms with Gasteiger partial charge in [0, 0.05) is 6.21 Å². The molecule has 0 saturated heterocycles. The van der Waals surface area contributed by atoms with Gasteiger partial charge in [-0.05, 0) is 18.1 Å². The Morgan fingerprint density at radius 2 is 1.70 bits per heavy atom. The van der Waals surface area contributed by atoms with E-state index < -0.39 is 6.04 Å². The second kappa shape index (κ2) is 7.24. The normalized spacial score (nSPS) is 12.2. The van der Waals surface area contributed by atoms with E-state index in [2.05, 4.69) is 4.99 Å². The highest BCUT2D eigenvalue weighted by Gasteiger charge is 2.19. The summed E-state index contributed by atoms with van der Waals surface area (Å²) < 4.78 is 5.09. The maximum absolute atomic E-state index is 12.0. The Labute approximate surface area is 118 Å². The lowest BCUT2D eigenvalue weighted by atomic mass is 10.1. The lowest BCUT2D eigenvalue weighted by Gasteiger charge is -2.11. The van der Waals surface area contributed by atoms with Gasteiger partial charge in [-0.15, -0.1) is 0 Å². The highest BCUT2D eigenvalue weighted by molar-refractivity contribution is 5.84. The molecule has 3 nitrogen and oxygen atoms in total. The number of rotatable bonds is 5. The lowest BCUT2D eigenvalue weighted by Crippen LogP contribution is -2.14. The van der Waals surface area contributed by atoms with E-state index in [0.717, 1.165) is 11.1 Å². The number of hydrogen-bond acceptors (Lipinski definition) is 3. The van der Waals surface area contributed by atoms with Gasteiger partial charge in [0.1, 0.15) is 0 Å². The van der Waals surface area contributed by atoms with Crippen molar-refractivity contribution < 1.29 is 9.53 Å². The Balaban J connectivity index is 2.23. The van der Waals surface area contributed by atoms with Crippen LogP contribution in [0.15, 0.2) is 65.7 Å². The van der Waals surface area contributed by atoms with Crippen LogP contribution < -0.4 is 0 Å². The number of ether oxygens (including phenoxy) is 1. The summed E-state index contributed by atoms with van der Waals surface area (Å²) in [6, 6.07) is 18.5. The van der Waals surface area contributed by atoms with Crippen LogP contribution in [0.3, 0.4) is 0 Å². The molecule has 20 heavy (non-hydrogen) atoms. The Kier molecular flexibility index (Phi) is 5.07. The molecule has 2 rings (SSSR count). The quantitative estimate of drug-likeness (QED) is 0.615. The first kappa shape index (κ1) is 14.0. The van der Waals surface area contributed by atoms with E-state index in [1.807, 2.05) is 60.7 Å². The summed E-state index contributed by atoms with van der Waals surface area (Å²) in [6.45, 7) is 2.14. The van der Waals surface area contributed by atoms with Crippen molar-refractivity contribution in [1.29, 1.82) is 0 Å². The van der Waals surface area contributed by atoms with Gasteiger partial charge in [-0.1, -0.05) is 60.7 Å². The minimum Gasteiger partial charge on any atom is -0.464 e. The van der Waals surface area contributed by atoms with Gasteiger partial charge in [-0.25, -0.2) is 4.79 Å². The minimum atomic E-state index is -0.614. The van der Waals surface area contributed by atoms with Crippen molar-refractivity contribution in [3.63, 3.8) is 0 Å². The van der Waals surface area contributed by atoms with Crippen molar-refractivity contribution >= 4 is 12.2 Å². The van der Waals surface area contributed by atoms with Crippen LogP contribution in [0, 0.1) is 0 Å². The van der Waals surface area contributed by atoms with Gasteiger partial charge >= 0.3 is 5.97 Å². The van der Waals surface area contributed by atoms with E-state index in [-0.39, 0.29) is 5.97 Å². The molecule has 102 valence electrons. The van der Waals surface area contributed by atoms with E-state index in [1.54, 1.807) is 13.1 Å². The molecule has 0 unspecified atom stereocenters. The molecule has 2 aromatic carbocycles. The molecule has 0 N–H and O–H groups in total. The summed E-state index contributed by atoms with van der Waals surface area (Å²) >= 11 is 0. The first-order valence-electron chi connectivity index (χ1n) is 6.61. The fourth-order valence-electron chi connectivity index (χ4n) is 1.84. The molecule has 0 amide bonds. The van der Waals surface area contributed by atoms with Crippen molar-refractivity contribution in [2.45, 2.75) is 13.0 Å². The average molecular weight is 267 g/mol. The first-order valence-corrected chi connectivity index (χ1v) is 6.61. The van der Waals surface area contributed by atoms with Crippen LogP contribution in [0.25, 0.3) is 0 Å². The SMILES string of the molecule is CCOC(=O)[C@@H](N=Cc1ccccc1)c1ccccc1. The molecule has 1 atom stereocenters. The summed E-state index contributed by atoms with van der Waals surface area (Å²) in [5.41, 5.74) is 1.79. The molecule has 3 heteroatoms. The zero-order chi connectivity index (χ0) is 14.2. The summed E-state index contributed by atoms with van der Waals surface area (Å²) in [5.74, 6) is -0.328. The molecule has 0 aliphatic heterocycles. The molecule has 0 heterocycles. The van der Waals surface area contributed by atoms with Crippen molar-refractivity contribution in [3.05, 3.63) is 71.8 Å². The van der Waals surface area contributed by atoms with Crippen LogP contribution in [-0.4, -0.2) is 18.8 Å². The van der Waals surface area contributed by atoms with Gasteiger partial charge < -0.3 is 4.74 Å². The third kappa shape index (κ3) is 3.79. The van der Waals surface area contributed by atoms with E-state index in [0.29, 0.717) is 6.61 Å². The average Bonchev–Trinajstić information content (AvgIpc) is 2.50. The maximum Gasteiger partial charge on any atom is 0.335 e. The van der Waals surface area contributed by atoms with Crippen LogP contribution in [-0.2, 0) is 9.53 Å². The summed E-state index contributed by atoms with van der Waals surface area (Å²) in [7, 11) is 0. The predicted octanol–water partition coefficient (Wildman–Crippen LogP) is 3.41. The zero-order valence-corrected chi connectivity index (χ0v) is 11.4. The molecule has 0 spiro atoms. The Morgan fingerprint density at radius 1 is 1.10 bits per heavy atom. The summed E-state index contributed by atoms with van der Waals surface area (Å²) in [4.78, 5) is 16.4. The first-order chi connectivity index (χ1) is 9.81. The van der Waals surface area contributed by atoms with Crippen LogP contribution >= 0.6 is 0 Å². The second-order valence-corrected chi connectivity index (χ2v) is 4.25. The highest BCUT2D eigenvalue weighted by Crippen LogP contribution is 2.19. The number of nitrogens with zero attached hydrogens (tertiary/aromatic N) is 1. The minimum absolute atomic E-state index is 0.328. The number of esters is 1. The maximum atomic E-state index is 12.0. The van der Waals surface area contributed by atoms with Crippen molar-refractivity contribution in [1.82, 2.24) is 0 Å². The Hall–Kier alpha value is -2.42. The van der Waals surface area contributed by atoms with E-state index in [1.165, 1.54) is 0 Å². The third-order valence-electron chi connectivity index (χ3n) is 2.80. The monoisotopic (exact) mass is 267 g/mol. The molecule has 0 aliphatic rings. The van der Waals surface area contributed by atoms with Gasteiger partial charge in [0.25, 0.3) is 0 Å². The van der Waals surface area contributed by atoms with Crippen LogP contribution in [0.1, 0.15) is 24.1 Å². The third-order valence-corrected chi connectivity index (χ3v) is 2.80. The number of aliphatic imine (C=N–C) groups is 1. The molecular weight excluding hydrogens is 250 g/mol. The number of benzene rings is 2. The number of carbonyl (C=O) groups is 1. The van der Waals surface area contributed by atoms with Crippen LogP contribution in [0.5, 0.6) is 0 Å². The fraction of sp³-hybridized carbons (Fsp3) is 0.176. The van der Waals surface area contributed by atoms with Gasteiger partial charge in [0.05, 0.1) is 6.61 Å². The van der Waals surface area contributed by atoms with E-state index in [4.69, 9.17) is 4.74 Å². The van der Waals surface area contributed by atoms with E-state index in [9.17, 15) is 4.79 Å². The van der Waals surface area contributed by atoms with E-state index >= 15 is 0 Å². The Bertz CT molecular complexity index is 564. The molecule has 0 fully saturated rings. The molecule has 0 radical (unpaired) electrons. The van der Waals surface area contributed by atoms with Crippen molar-refractivity contribution in [3.8, 4) is 0 Å². The standard InChI is InChI=1S/C17H17NO2/c1-2-20-17(19)16(15-11-7-4-8-12-15)18-13-14-9-5-3-6-10-14/h3-13,16H,2H2,1H3/t16-/m0/s1. The van der Waals surface area contributed by atoms with Crippen molar-refractivity contribution in [2.24, 2.45) is 4.99 Å². The smallest absolute Gasteiger partial charge is 0.335 e. The zero-order valence-electron chi connectivity index (χ0n) is 11.4. The predicted molar refractivity (Wildman–Crippen MR) is 79.9 cm³/mol. The second-order valence-electron chi connectivity index (χ2n) is 4.25. The van der Waals surface area contributed by atoms with Gasteiger partial charge in [-0.2, -0.15) is 0 Å². The molecule has 0 aliphatic carbocycles. The largest absolute Gasteiger partial charge is 0.464 e. The molecule has 2 aromatic rings. The van der Waals surface area contributed by atoms with Crippen molar-refractivity contribution in [2.75, 3.05) is 6.61 Å². The molecule has 0 bridgehead atoms. The topological polar surface area (TPSA) is 38.7 Å². The van der Waals surface area contributed by atoms with Crippen LogP contribution in [0.2, 0.25) is 0 Å². The lowest BCUT2D eigenvalue weighted by molar-refractivity contribution is -0.144. The Morgan fingerprint density at radius 3 is 2.30 bits per heavy atom. The fourth-order valence-corrected chi connectivity index (χ4v) is 1.84.